The number of H-pyrrole nitrogens is 1. The summed E-state index contributed by atoms with van der Waals surface area (Å²) in [6.45, 7) is 1.82. The maximum absolute atomic E-state index is 15.2. The topological polar surface area (TPSA) is 116 Å². The van der Waals surface area contributed by atoms with Gasteiger partial charge in [0.2, 0.25) is 17.8 Å². The van der Waals surface area contributed by atoms with E-state index in [1.807, 2.05) is 6.92 Å². The van der Waals surface area contributed by atoms with Crippen molar-refractivity contribution in [2.75, 3.05) is 17.3 Å². The lowest BCUT2D eigenvalue weighted by Crippen LogP contribution is -2.45. The molecule has 0 saturated carbocycles. The van der Waals surface area contributed by atoms with Gasteiger partial charge >= 0.3 is 0 Å². The van der Waals surface area contributed by atoms with E-state index in [9.17, 15) is 9.90 Å². The van der Waals surface area contributed by atoms with Crippen LogP contribution < -0.4 is 15.0 Å². The highest BCUT2D eigenvalue weighted by Gasteiger charge is 2.51. The SMILES string of the molecule is COc1cc(C)nc(Nc2nc3cc(C4(O)c5ccccc5C(=O)N4c4cccc(Cl)c4F)ccc3[nH]2)n1. The van der Waals surface area contributed by atoms with E-state index < -0.39 is 17.4 Å². The summed E-state index contributed by atoms with van der Waals surface area (Å²) in [5.41, 5.74) is 0.567. The number of amides is 1. The van der Waals surface area contributed by atoms with Crippen LogP contribution in [0.5, 0.6) is 5.88 Å². The Kier molecular flexibility index (Phi) is 5.51. The fourth-order valence-corrected chi connectivity index (χ4v) is 4.85. The molecule has 3 heterocycles. The van der Waals surface area contributed by atoms with E-state index in [0.717, 1.165) is 4.90 Å². The fourth-order valence-electron chi connectivity index (χ4n) is 4.68. The quantitative estimate of drug-likeness (QED) is 0.291. The van der Waals surface area contributed by atoms with Gasteiger partial charge in [0.25, 0.3) is 5.91 Å². The van der Waals surface area contributed by atoms with Gasteiger partial charge in [-0.25, -0.2) is 14.4 Å². The summed E-state index contributed by atoms with van der Waals surface area (Å²) >= 11 is 6.03. The highest BCUT2D eigenvalue weighted by Crippen LogP contribution is 2.46. The number of fused-ring (bicyclic) bond motifs is 2. The smallest absolute Gasteiger partial charge is 0.261 e. The summed E-state index contributed by atoms with van der Waals surface area (Å²) in [5.74, 6) is -0.317. The number of nitrogens with one attached hydrogen (secondary N) is 2. The van der Waals surface area contributed by atoms with Gasteiger partial charge in [-0.05, 0) is 37.3 Å². The van der Waals surface area contributed by atoms with Crippen molar-refractivity contribution in [3.63, 3.8) is 0 Å². The highest BCUT2D eigenvalue weighted by atomic mass is 35.5. The van der Waals surface area contributed by atoms with Gasteiger partial charge in [0.1, 0.15) is 0 Å². The minimum Gasteiger partial charge on any atom is -0.481 e. The number of aliphatic hydroxyl groups is 1. The van der Waals surface area contributed by atoms with Crippen LogP contribution in [0.25, 0.3) is 11.0 Å². The summed E-state index contributed by atoms with van der Waals surface area (Å²) in [6, 6.07) is 17.6. The van der Waals surface area contributed by atoms with Crippen molar-refractivity contribution in [2.24, 2.45) is 0 Å². The lowest BCUT2D eigenvalue weighted by atomic mass is 9.93. The molecule has 0 spiro atoms. The Morgan fingerprint density at radius 3 is 2.71 bits per heavy atom. The van der Waals surface area contributed by atoms with E-state index in [4.69, 9.17) is 16.3 Å². The molecular weight excluding hydrogens is 511 g/mol. The van der Waals surface area contributed by atoms with Crippen LogP contribution in [0.15, 0.2) is 66.7 Å². The normalized spacial score (nSPS) is 16.7. The Labute approximate surface area is 220 Å². The zero-order chi connectivity index (χ0) is 26.6. The van der Waals surface area contributed by atoms with Gasteiger partial charge in [0.15, 0.2) is 11.5 Å². The summed E-state index contributed by atoms with van der Waals surface area (Å²) in [4.78, 5) is 30.8. The number of benzene rings is 3. The summed E-state index contributed by atoms with van der Waals surface area (Å²) < 4.78 is 20.4. The third-order valence-electron chi connectivity index (χ3n) is 6.39. The van der Waals surface area contributed by atoms with E-state index in [2.05, 4.69) is 25.3 Å². The second-order valence-electron chi connectivity index (χ2n) is 8.75. The molecule has 0 fully saturated rings. The van der Waals surface area contributed by atoms with Crippen molar-refractivity contribution in [3.05, 3.63) is 100.0 Å². The molecule has 5 aromatic rings. The second kappa shape index (κ2) is 8.79. The van der Waals surface area contributed by atoms with Gasteiger partial charge in [-0.15, -0.1) is 0 Å². The second-order valence-corrected chi connectivity index (χ2v) is 9.16. The lowest BCUT2D eigenvalue weighted by Gasteiger charge is -2.35. The van der Waals surface area contributed by atoms with Gasteiger partial charge in [-0.1, -0.05) is 41.9 Å². The molecule has 6 rings (SSSR count). The molecule has 190 valence electrons. The van der Waals surface area contributed by atoms with Crippen molar-refractivity contribution >= 4 is 46.1 Å². The number of methoxy groups -OCH3 is 1. The minimum absolute atomic E-state index is 0.142. The number of hydrogen-bond acceptors (Lipinski definition) is 7. The summed E-state index contributed by atoms with van der Waals surface area (Å²) in [5, 5.41) is 15.1. The van der Waals surface area contributed by atoms with Crippen molar-refractivity contribution in [2.45, 2.75) is 12.6 Å². The zero-order valence-electron chi connectivity index (χ0n) is 20.2. The van der Waals surface area contributed by atoms with Crippen LogP contribution in [-0.2, 0) is 5.72 Å². The molecule has 3 N–H and O–H groups in total. The van der Waals surface area contributed by atoms with Crippen molar-refractivity contribution in [1.82, 2.24) is 19.9 Å². The Morgan fingerprint density at radius 1 is 1.08 bits per heavy atom. The number of aryl methyl sites for hydroxylation is 1. The number of imidazole rings is 1. The Morgan fingerprint density at radius 2 is 1.89 bits per heavy atom. The van der Waals surface area contributed by atoms with Crippen molar-refractivity contribution in [1.29, 1.82) is 0 Å². The number of carbonyl (C=O) groups is 1. The first-order chi connectivity index (χ1) is 18.3. The Hall–Kier alpha value is -4.54. The third-order valence-corrected chi connectivity index (χ3v) is 6.68. The van der Waals surface area contributed by atoms with Crippen LogP contribution in [0.1, 0.15) is 27.2 Å². The maximum Gasteiger partial charge on any atom is 0.261 e. The van der Waals surface area contributed by atoms with E-state index in [1.54, 1.807) is 48.5 Å². The molecule has 1 amide bonds. The van der Waals surface area contributed by atoms with Crippen LogP contribution in [-0.4, -0.2) is 38.1 Å². The fraction of sp³-hybridized carbons (Fsp3) is 0.111. The molecule has 1 unspecified atom stereocenters. The van der Waals surface area contributed by atoms with E-state index in [1.165, 1.54) is 25.3 Å². The van der Waals surface area contributed by atoms with Gasteiger partial charge in [0.05, 0.1) is 28.9 Å². The van der Waals surface area contributed by atoms with Gasteiger partial charge in [-0.3, -0.25) is 15.0 Å². The molecular formula is C27H20ClFN6O3. The maximum atomic E-state index is 15.2. The number of anilines is 3. The van der Waals surface area contributed by atoms with Crippen LogP contribution in [0.4, 0.5) is 22.0 Å². The predicted octanol–water partition coefficient (Wildman–Crippen LogP) is 5.06. The molecule has 0 aliphatic carbocycles. The number of hydrogen-bond donors (Lipinski definition) is 3. The van der Waals surface area contributed by atoms with Gasteiger partial charge in [0, 0.05) is 28.5 Å². The van der Waals surface area contributed by atoms with E-state index >= 15 is 4.39 Å². The average molecular weight is 531 g/mol. The van der Waals surface area contributed by atoms with Crippen molar-refractivity contribution < 1.29 is 19.0 Å². The monoisotopic (exact) mass is 530 g/mol. The lowest BCUT2D eigenvalue weighted by molar-refractivity contribution is 0.0699. The molecule has 1 aliphatic rings. The van der Waals surface area contributed by atoms with Crippen molar-refractivity contribution in [3.8, 4) is 5.88 Å². The number of aromatic nitrogens is 4. The first-order valence-electron chi connectivity index (χ1n) is 11.6. The molecule has 0 radical (unpaired) electrons. The minimum atomic E-state index is -2.02. The summed E-state index contributed by atoms with van der Waals surface area (Å²) in [6.07, 6.45) is 0. The molecule has 0 bridgehead atoms. The molecule has 1 atom stereocenters. The first kappa shape index (κ1) is 23.8. The molecule has 9 nitrogen and oxygen atoms in total. The predicted molar refractivity (Wildman–Crippen MR) is 140 cm³/mol. The average Bonchev–Trinajstić information content (AvgIpc) is 3.41. The Bertz CT molecular complexity index is 1740. The number of ether oxygens (including phenoxy) is 1. The van der Waals surface area contributed by atoms with Crippen LogP contribution in [0, 0.1) is 12.7 Å². The molecule has 0 saturated heterocycles. The number of nitrogens with zero attached hydrogens (tertiary/aromatic N) is 4. The van der Waals surface area contributed by atoms with Crippen LogP contribution in [0.3, 0.4) is 0 Å². The number of aromatic amines is 1. The number of halogens is 2. The van der Waals surface area contributed by atoms with Gasteiger partial charge < -0.3 is 14.8 Å². The Balaban J connectivity index is 1.46. The van der Waals surface area contributed by atoms with Crippen LogP contribution >= 0.6 is 11.6 Å². The van der Waals surface area contributed by atoms with Gasteiger partial charge in [-0.2, -0.15) is 4.98 Å². The molecule has 2 aromatic heterocycles. The molecule has 3 aromatic carbocycles. The molecule has 1 aliphatic heterocycles. The third kappa shape index (κ3) is 3.65. The summed E-state index contributed by atoms with van der Waals surface area (Å²) in [7, 11) is 1.52. The van der Waals surface area contributed by atoms with E-state index in [-0.39, 0.29) is 22.2 Å². The van der Waals surface area contributed by atoms with Crippen LogP contribution in [0.2, 0.25) is 5.02 Å². The number of rotatable bonds is 5. The molecule has 38 heavy (non-hydrogen) atoms. The number of carbonyl (C=O) groups excluding carboxylic acids is 1. The zero-order valence-corrected chi connectivity index (χ0v) is 20.9. The standard InChI is InChI=1S/C27H20ClFN6O3/c1-14-12-22(38-2)33-25(30-14)34-26-31-19-11-10-15(13-20(19)32-26)27(37)17-7-4-3-6-16(17)24(36)35(27)21-9-5-8-18(28)23(21)29/h3-13,37H,1-2H3,(H2,30,31,32,33,34). The largest absolute Gasteiger partial charge is 0.481 e. The van der Waals surface area contributed by atoms with E-state index in [0.29, 0.717) is 39.7 Å². The highest BCUT2D eigenvalue weighted by molar-refractivity contribution is 6.31. The first-order valence-corrected chi connectivity index (χ1v) is 11.9. The molecule has 11 heteroatoms.